The number of benzene rings is 1. The molecule has 1 aromatic rings. The van der Waals surface area contributed by atoms with Gasteiger partial charge in [-0.1, -0.05) is 30.1 Å². The van der Waals surface area contributed by atoms with Crippen molar-refractivity contribution in [3.05, 3.63) is 22.2 Å². The zero-order chi connectivity index (χ0) is 13.7. The Labute approximate surface area is 118 Å². The molecule has 0 radical (unpaired) electrons. The van der Waals surface area contributed by atoms with E-state index in [-0.39, 0.29) is 17.4 Å². The molecule has 0 bridgehead atoms. The summed E-state index contributed by atoms with van der Waals surface area (Å²) in [5, 5.41) is 3.28. The average molecular weight is 309 g/mol. The topological polar surface area (TPSA) is 72.2 Å². The van der Waals surface area contributed by atoms with E-state index in [1.165, 1.54) is 12.1 Å². The van der Waals surface area contributed by atoms with Crippen LogP contribution >= 0.6 is 23.2 Å². The van der Waals surface area contributed by atoms with Crippen LogP contribution in [0.15, 0.2) is 12.1 Å². The molecule has 1 atom stereocenters. The van der Waals surface area contributed by atoms with Crippen LogP contribution in [0.4, 0.5) is 11.4 Å². The molecule has 0 saturated carbocycles. The molecular formula is C11H14Cl2N2O2S. The van der Waals surface area contributed by atoms with E-state index in [4.69, 9.17) is 28.9 Å². The van der Waals surface area contributed by atoms with Crippen LogP contribution in [0.2, 0.25) is 10.0 Å². The van der Waals surface area contributed by atoms with Crippen LogP contribution in [0.3, 0.4) is 0 Å². The van der Waals surface area contributed by atoms with Crippen molar-refractivity contribution >= 4 is 51.3 Å². The molecule has 100 valence electrons. The zero-order valence-electron chi connectivity index (χ0n) is 9.83. The highest BCUT2D eigenvalue weighted by molar-refractivity contribution is 7.84. The molecule has 0 aliphatic heterocycles. The summed E-state index contributed by atoms with van der Waals surface area (Å²) in [4.78, 5) is 11.6. The monoisotopic (exact) mass is 308 g/mol. The molecule has 18 heavy (non-hydrogen) atoms. The van der Waals surface area contributed by atoms with Gasteiger partial charge in [0.1, 0.15) is 0 Å². The number of nitrogen functional groups attached to an aromatic ring is 1. The molecule has 7 heteroatoms. The number of carbonyl (C=O) groups is 1. The molecule has 4 nitrogen and oxygen atoms in total. The van der Waals surface area contributed by atoms with Gasteiger partial charge in [-0.3, -0.25) is 9.00 Å². The Bertz CT molecular complexity index is 457. The van der Waals surface area contributed by atoms with Gasteiger partial charge in [0.2, 0.25) is 5.91 Å². The van der Waals surface area contributed by atoms with Gasteiger partial charge in [0.15, 0.2) is 0 Å². The molecule has 0 aliphatic carbocycles. The van der Waals surface area contributed by atoms with Crippen molar-refractivity contribution in [3.8, 4) is 0 Å². The second-order valence-corrected chi connectivity index (χ2v) is 6.29. The lowest BCUT2D eigenvalue weighted by Crippen LogP contribution is -2.16. The molecule has 1 unspecified atom stereocenters. The smallest absolute Gasteiger partial charge is 0.225 e. The van der Waals surface area contributed by atoms with E-state index >= 15 is 0 Å². The number of nitrogens with two attached hydrogens (primary N) is 1. The summed E-state index contributed by atoms with van der Waals surface area (Å²) < 4.78 is 11.2. The highest BCUT2D eigenvalue weighted by Crippen LogP contribution is 2.32. The Morgan fingerprint density at radius 2 is 2.11 bits per heavy atom. The minimum Gasteiger partial charge on any atom is -0.397 e. The Balaban J connectivity index is 2.68. The number of hydrogen-bond acceptors (Lipinski definition) is 3. The van der Waals surface area contributed by atoms with Crippen molar-refractivity contribution < 1.29 is 9.00 Å². The third-order valence-corrected chi connectivity index (χ3v) is 4.05. The van der Waals surface area contributed by atoms with Crippen LogP contribution in [0, 0.1) is 0 Å². The normalized spacial score (nSPS) is 12.2. The Morgan fingerprint density at radius 3 is 2.67 bits per heavy atom. The number of halogens is 2. The van der Waals surface area contributed by atoms with Crippen molar-refractivity contribution in [2.24, 2.45) is 0 Å². The van der Waals surface area contributed by atoms with Gasteiger partial charge < -0.3 is 11.1 Å². The Morgan fingerprint density at radius 1 is 1.44 bits per heavy atom. The summed E-state index contributed by atoms with van der Waals surface area (Å²) in [5.74, 6) is 0.595. The second kappa shape index (κ2) is 6.97. The van der Waals surface area contributed by atoms with Crippen LogP contribution in [0.1, 0.15) is 13.3 Å². The number of amides is 1. The standard InChI is InChI=1S/C11H14Cl2N2O2S/c1-2-18(17)4-3-10(16)15-11-8(13)5-7(12)6-9(11)14/h5-6H,2-4,14H2,1H3,(H,15,16). The fraction of sp³-hybridized carbons (Fsp3) is 0.364. The van der Waals surface area contributed by atoms with E-state index in [1.807, 2.05) is 6.92 Å². The summed E-state index contributed by atoms with van der Waals surface area (Å²) in [6.07, 6.45) is 0.166. The highest BCUT2D eigenvalue weighted by atomic mass is 35.5. The van der Waals surface area contributed by atoms with E-state index in [2.05, 4.69) is 5.32 Å². The lowest BCUT2D eigenvalue weighted by atomic mass is 10.2. The maximum Gasteiger partial charge on any atom is 0.225 e. The number of hydrogen-bond donors (Lipinski definition) is 2. The lowest BCUT2D eigenvalue weighted by molar-refractivity contribution is -0.115. The second-order valence-electron chi connectivity index (χ2n) is 3.58. The van der Waals surface area contributed by atoms with Gasteiger partial charge in [-0.05, 0) is 12.1 Å². The number of rotatable bonds is 5. The first-order valence-corrected chi connectivity index (χ1v) is 7.57. The first-order chi connectivity index (χ1) is 8.43. The van der Waals surface area contributed by atoms with Gasteiger partial charge >= 0.3 is 0 Å². The molecule has 1 rings (SSSR count). The van der Waals surface area contributed by atoms with E-state index in [0.717, 1.165) is 0 Å². The van der Waals surface area contributed by atoms with Crippen molar-refractivity contribution in [2.45, 2.75) is 13.3 Å². The fourth-order valence-electron chi connectivity index (χ4n) is 1.28. The van der Waals surface area contributed by atoms with Crippen LogP contribution in [0.25, 0.3) is 0 Å². The minimum absolute atomic E-state index is 0.166. The van der Waals surface area contributed by atoms with Crippen LogP contribution in [-0.4, -0.2) is 21.6 Å². The van der Waals surface area contributed by atoms with E-state index in [9.17, 15) is 9.00 Å². The molecule has 0 fully saturated rings. The quantitative estimate of drug-likeness (QED) is 0.821. The predicted molar refractivity (Wildman–Crippen MR) is 77.7 cm³/mol. The fourth-order valence-corrected chi connectivity index (χ4v) is 2.54. The molecule has 0 heterocycles. The van der Waals surface area contributed by atoms with Gasteiger partial charge in [-0.2, -0.15) is 0 Å². The van der Waals surface area contributed by atoms with Crippen molar-refractivity contribution in [2.75, 3.05) is 22.6 Å². The average Bonchev–Trinajstić information content (AvgIpc) is 2.30. The van der Waals surface area contributed by atoms with Gasteiger partial charge in [0.05, 0.1) is 16.4 Å². The van der Waals surface area contributed by atoms with E-state index < -0.39 is 10.8 Å². The van der Waals surface area contributed by atoms with Crippen molar-refractivity contribution in [3.63, 3.8) is 0 Å². The number of nitrogens with one attached hydrogen (secondary N) is 1. The molecule has 1 aromatic carbocycles. The molecule has 0 saturated heterocycles. The van der Waals surface area contributed by atoms with Crippen molar-refractivity contribution in [1.29, 1.82) is 0 Å². The first kappa shape index (κ1) is 15.3. The van der Waals surface area contributed by atoms with E-state index in [1.54, 1.807) is 0 Å². The SMILES string of the molecule is CCS(=O)CCC(=O)Nc1c(N)cc(Cl)cc1Cl. The predicted octanol–water partition coefficient (Wildman–Crippen LogP) is 2.67. The molecular weight excluding hydrogens is 295 g/mol. The van der Waals surface area contributed by atoms with Gasteiger partial charge in [0.25, 0.3) is 0 Å². The summed E-state index contributed by atoms with van der Waals surface area (Å²) in [6, 6.07) is 3.01. The van der Waals surface area contributed by atoms with Gasteiger partial charge in [-0.25, -0.2) is 0 Å². The maximum absolute atomic E-state index is 11.6. The molecule has 0 aliphatic rings. The third-order valence-electron chi connectivity index (χ3n) is 2.23. The summed E-state index contributed by atoms with van der Waals surface area (Å²) in [5.41, 5.74) is 6.35. The first-order valence-electron chi connectivity index (χ1n) is 5.33. The maximum atomic E-state index is 11.6. The third kappa shape index (κ3) is 4.48. The number of carbonyl (C=O) groups excluding carboxylic acids is 1. The van der Waals surface area contributed by atoms with Crippen molar-refractivity contribution in [1.82, 2.24) is 0 Å². The van der Waals surface area contributed by atoms with Crippen LogP contribution < -0.4 is 11.1 Å². The molecule has 0 aromatic heterocycles. The summed E-state index contributed by atoms with van der Waals surface area (Å²) in [6.45, 7) is 1.81. The molecule has 0 spiro atoms. The summed E-state index contributed by atoms with van der Waals surface area (Å²) in [7, 11) is -0.966. The number of anilines is 2. The molecule has 3 N–H and O–H groups in total. The largest absolute Gasteiger partial charge is 0.397 e. The van der Waals surface area contributed by atoms with Gasteiger partial charge in [-0.15, -0.1) is 0 Å². The highest BCUT2D eigenvalue weighted by Gasteiger charge is 2.11. The Kier molecular flexibility index (Phi) is 5.91. The summed E-state index contributed by atoms with van der Waals surface area (Å²) >= 11 is 11.7. The van der Waals surface area contributed by atoms with Gasteiger partial charge in [0, 0.05) is 33.7 Å². The lowest BCUT2D eigenvalue weighted by Gasteiger charge is -2.10. The Hall–Kier alpha value is -0.780. The molecule has 1 amide bonds. The van der Waals surface area contributed by atoms with Crippen LogP contribution in [-0.2, 0) is 15.6 Å². The minimum atomic E-state index is -0.966. The zero-order valence-corrected chi connectivity index (χ0v) is 12.2. The van der Waals surface area contributed by atoms with Crippen LogP contribution in [0.5, 0.6) is 0 Å². The van der Waals surface area contributed by atoms with E-state index in [0.29, 0.717) is 27.9 Å².